The number of aliphatic hydroxyl groups excluding tert-OH is 12. The molecule has 0 heterocycles. The first-order chi connectivity index (χ1) is 22.7. The number of rotatable bonds is 32. The van der Waals surface area contributed by atoms with Gasteiger partial charge in [0.1, 0.15) is 0 Å². The van der Waals surface area contributed by atoms with E-state index in [-0.39, 0.29) is 6.42 Å². The first kappa shape index (κ1) is 47.0. The molecule has 0 fully saturated rings. The maximum absolute atomic E-state index is 13.7. The summed E-state index contributed by atoms with van der Waals surface area (Å²) in [5.74, 6) is -1.68. The van der Waals surface area contributed by atoms with Crippen LogP contribution in [0.5, 0.6) is 0 Å². The molecule has 0 aromatic heterocycles. The molecule has 0 aromatic carbocycles. The summed E-state index contributed by atoms with van der Waals surface area (Å²) in [4.78, 5) is 13.7. The molecule has 6 atom stereocenters. The molecule has 0 radical (unpaired) electrons. The highest BCUT2D eigenvalue weighted by Gasteiger charge is 2.67. The highest BCUT2D eigenvalue weighted by molar-refractivity contribution is 5.76. The maximum atomic E-state index is 13.7. The third-order valence-electron chi connectivity index (χ3n) is 10.2. The molecule has 0 rings (SSSR count). The molecule has 288 valence electrons. The van der Waals surface area contributed by atoms with Crippen molar-refractivity contribution in [2.24, 2.45) is 16.2 Å². The van der Waals surface area contributed by atoms with Crippen LogP contribution < -0.4 is 0 Å². The number of carboxylic acid groups (broad SMARTS) is 1. The van der Waals surface area contributed by atoms with Gasteiger partial charge in [0, 0.05) is 0 Å². The number of hydrogen-bond donors (Lipinski definition) is 13. The van der Waals surface area contributed by atoms with Gasteiger partial charge in [-0.3, -0.25) is 4.79 Å². The van der Waals surface area contributed by atoms with Crippen molar-refractivity contribution < 1.29 is 71.2 Å². The Bertz CT molecular complexity index is 779. The Morgan fingerprint density at radius 3 is 1.06 bits per heavy atom. The van der Waals surface area contributed by atoms with Crippen LogP contribution in [0.4, 0.5) is 0 Å². The van der Waals surface area contributed by atoms with Crippen molar-refractivity contribution >= 4 is 5.97 Å². The Morgan fingerprint density at radius 2 is 0.750 bits per heavy atom. The normalized spacial score (nSPS) is 19.8. The van der Waals surface area contributed by atoms with Gasteiger partial charge in [-0.2, -0.15) is 0 Å². The Labute approximate surface area is 285 Å². The molecule has 0 aromatic rings. The lowest BCUT2D eigenvalue weighted by atomic mass is 9.41. The molecule has 0 bridgehead atoms. The summed E-state index contributed by atoms with van der Waals surface area (Å²) in [5, 5.41) is 137. The van der Waals surface area contributed by atoms with E-state index in [0.29, 0.717) is 12.8 Å². The van der Waals surface area contributed by atoms with Crippen molar-refractivity contribution in [1.29, 1.82) is 0 Å². The van der Waals surface area contributed by atoms with E-state index in [1.165, 1.54) is 12.8 Å². The summed E-state index contributed by atoms with van der Waals surface area (Å²) in [5.41, 5.74) is -6.34. The van der Waals surface area contributed by atoms with Gasteiger partial charge in [0.05, 0.1) is 81.7 Å². The fourth-order valence-corrected chi connectivity index (χ4v) is 8.03. The maximum Gasteiger partial charge on any atom is 0.310 e. The molecule has 0 aliphatic carbocycles. The van der Waals surface area contributed by atoms with Crippen molar-refractivity contribution in [2.75, 3.05) is 39.6 Å². The van der Waals surface area contributed by atoms with Crippen LogP contribution in [0.2, 0.25) is 0 Å². The van der Waals surface area contributed by atoms with Crippen molar-refractivity contribution in [3.63, 3.8) is 0 Å². The van der Waals surface area contributed by atoms with Gasteiger partial charge < -0.3 is 66.4 Å². The Morgan fingerprint density at radius 1 is 0.458 bits per heavy atom. The van der Waals surface area contributed by atoms with Crippen LogP contribution in [0.3, 0.4) is 0 Å². The highest BCUT2D eigenvalue weighted by atomic mass is 16.4. The van der Waals surface area contributed by atoms with Crippen molar-refractivity contribution in [2.45, 2.75) is 153 Å². The lowest BCUT2D eigenvalue weighted by molar-refractivity contribution is -0.215. The quantitative estimate of drug-likeness (QED) is 0.0405. The minimum Gasteiger partial charge on any atom is -0.481 e. The lowest BCUT2D eigenvalue weighted by Crippen LogP contribution is -2.63. The van der Waals surface area contributed by atoms with Crippen molar-refractivity contribution in [3.05, 3.63) is 0 Å². The van der Waals surface area contributed by atoms with Gasteiger partial charge in [0.2, 0.25) is 0 Å². The molecular weight excluding hydrogens is 632 g/mol. The Hall–Kier alpha value is -1.01. The molecular formula is C34H68O14. The van der Waals surface area contributed by atoms with Crippen LogP contribution in [0, 0.1) is 16.2 Å². The molecule has 13 N–H and O–H groups in total. The molecule has 14 nitrogen and oxygen atoms in total. The molecule has 0 amide bonds. The van der Waals surface area contributed by atoms with Crippen LogP contribution in [0.25, 0.3) is 0 Å². The average Bonchev–Trinajstić information content (AvgIpc) is 3.07. The SMILES string of the molecule is CCCCCCCCCCCCC(CC(O)CO)(CC(O)CO)C(CC(O)CO)(CC(O)CO)C(CC(O)CO)(CC(O)CO)C(=O)O. The summed E-state index contributed by atoms with van der Waals surface area (Å²) in [6.45, 7) is -3.16. The second-order valence-electron chi connectivity index (χ2n) is 13.9. The molecule has 0 aliphatic rings. The van der Waals surface area contributed by atoms with Gasteiger partial charge in [-0.15, -0.1) is 0 Å². The monoisotopic (exact) mass is 700 g/mol. The summed E-state index contributed by atoms with van der Waals surface area (Å²) in [6, 6.07) is 0. The fourth-order valence-electron chi connectivity index (χ4n) is 8.03. The zero-order valence-corrected chi connectivity index (χ0v) is 28.9. The number of hydrogen-bond acceptors (Lipinski definition) is 13. The Balaban J connectivity index is 7.63. The van der Waals surface area contributed by atoms with Gasteiger partial charge in [-0.1, -0.05) is 71.1 Å². The number of unbranched alkanes of at least 4 members (excludes halogenated alkanes) is 9. The standard InChI is InChI=1S/C34H68O14/c1-2-3-4-5-6-7-8-9-10-11-12-32(13-25(41)19-35,14-26(42)20-36)34(17-29(45)23-39,18-30(46)24-40)33(31(47)48,15-27(43)21-37)16-28(44)22-38/h25-30,35-46H,2-24H2,1H3,(H,47,48). The molecule has 0 aliphatic heterocycles. The molecule has 6 unspecified atom stereocenters. The number of carboxylic acids is 1. The van der Waals surface area contributed by atoms with Crippen LogP contribution in [0.1, 0.15) is 116 Å². The van der Waals surface area contributed by atoms with Crippen LogP contribution in [-0.4, -0.2) is 149 Å². The van der Waals surface area contributed by atoms with Crippen LogP contribution >= 0.6 is 0 Å². The Kier molecular flexibility index (Phi) is 24.5. The second-order valence-corrected chi connectivity index (χ2v) is 13.9. The highest BCUT2D eigenvalue weighted by Crippen LogP contribution is 2.66. The minimum atomic E-state index is -2.47. The van der Waals surface area contributed by atoms with E-state index in [2.05, 4.69) is 6.92 Å². The van der Waals surface area contributed by atoms with E-state index in [0.717, 1.165) is 38.5 Å². The molecule has 14 heteroatoms. The smallest absolute Gasteiger partial charge is 0.310 e. The number of aliphatic hydroxyl groups is 12. The first-order valence-corrected chi connectivity index (χ1v) is 17.7. The van der Waals surface area contributed by atoms with Gasteiger partial charge in [0.25, 0.3) is 0 Å². The summed E-state index contributed by atoms with van der Waals surface area (Å²) >= 11 is 0. The second kappa shape index (κ2) is 25.0. The molecule has 0 saturated heterocycles. The van der Waals surface area contributed by atoms with Gasteiger partial charge in [0.15, 0.2) is 0 Å². The average molecular weight is 701 g/mol. The van der Waals surface area contributed by atoms with Gasteiger partial charge in [-0.05, 0) is 55.8 Å². The fraction of sp³-hybridized carbons (Fsp3) is 0.971. The van der Waals surface area contributed by atoms with E-state index in [1.54, 1.807) is 0 Å². The molecule has 48 heavy (non-hydrogen) atoms. The van der Waals surface area contributed by atoms with Gasteiger partial charge in [-0.25, -0.2) is 0 Å². The van der Waals surface area contributed by atoms with Crippen molar-refractivity contribution in [1.82, 2.24) is 0 Å². The first-order valence-electron chi connectivity index (χ1n) is 17.7. The minimum absolute atomic E-state index is 0.00656. The largest absolute Gasteiger partial charge is 0.481 e. The zero-order chi connectivity index (χ0) is 36.8. The van der Waals surface area contributed by atoms with Gasteiger partial charge >= 0.3 is 5.97 Å². The summed E-state index contributed by atoms with van der Waals surface area (Å²) in [7, 11) is 0. The van der Waals surface area contributed by atoms with E-state index < -0.39 is 137 Å². The number of aliphatic carboxylic acids is 1. The number of carbonyl (C=O) groups is 1. The summed E-state index contributed by atoms with van der Waals surface area (Å²) < 4.78 is 0. The third kappa shape index (κ3) is 14.3. The summed E-state index contributed by atoms with van der Waals surface area (Å²) in [6.07, 6.45) is -4.45. The van der Waals surface area contributed by atoms with Crippen LogP contribution in [-0.2, 0) is 4.79 Å². The third-order valence-corrected chi connectivity index (χ3v) is 10.2. The zero-order valence-electron chi connectivity index (χ0n) is 28.9. The van der Waals surface area contributed by atoms with E-state index in [1.807, 2.05) is 0 Å². The van der Waals surface area contributed by atoms with E-state index in [9.17, 15) is 71.2 Å². The van der Waals surface area contributed by atoms with E-state index in [4.69, 9.17) is 0 Å². The predicted octanol–water partition coefficient (Wildman–Crippen LogP) is -0.199. The predicted molar refractivity (Wildman–Crippen MR) is 178 cm³/mol. The van der Waals surface area contributed by atoms with Crippen LogP contribution in [0.15, 0.2) is 0 Å². The molecule has 0 spiro atoms. The molecule has 0 saturated carbocycles. The van der Waals surface area contributed by atoms with Crippen molar-refractivity contribution in [3.8, 4) is 0 Å². The topological polar surface area (TPSA) is 280 Å². The van der Waals surface area contributed by atoms with E-state index >= 15 is 0 Å². The lowest BCUT2D eigenvalue weighted by Gasteiger charge is -2.62.